The maximum atomic E-state index is 13.9. The van der Waals surface area contributed by atoms with Crippen molar-refractivity contribution in [3.63, 3.8) is 0 Å². The molecule has 5 rings (SSSR count). The average molecular weight is 531 g/mol. The highest BCUT2D eigenvalue weighted by molar-refractivity contribution is 5.96. The first kappa shape index (κ1) is 26.9. The molecule has 0 radical (unpaired) electrons. The third-order valence-electron chi connectivity index (χ3n) is 8.45. The second-order valence-corrected chi connectivity index (χ2v) is 11.1. The Morgan fingerprint density at radius 1 is 0.949 bits per heavy atom. The van der Waals surface area contributed by atoms with Crippen LogP contribution in [0.5, 0.6) is 0 Å². The number of Topliss-reactive ketones (excluding diaryl/α,β-unsaturated/α-hetero) is 1. The third kappa shape index (κ3) is 6.15. The van der Waals surface area contributed by atoms with Crippen LogP contribution in [0.1, 0.15) is 67.8 Å². The summed E-state index contributed by atoms with van der Waals surface area (Å²) in [4.78, 5) is 57.6. The van der Waals surface area contributed by atoms with Crippen molar-refractivity contribution in [3.05, 3.63) is 65.7 Å². The number of ketones is 1. The second-order valence-electron chi connectivity index (χ2n) is 11.1. The first-order valence-corrected chi connectivity index (χ1v) is 14.2. The maximum absolute atomic E-state index is 13.9. The Kier molecular flexibility index (Phi) is 8.29. The van der Waals surface area contributed by atoms with Crippen LogP contribution < -0.4 is 5.32 Å². The molecule has 2 saturated heterocycles. The van der Waals surface area contributed by atoms with E-state index in [2.05, 4.69) is 17.4 Å². The molecule has 4 amide bonds. The predicted octanol–water partition coefficient (Wildman–Crippen LogP) is 4.71. The van der Waals surface area contributed by atoms with Gasteiger partial charge in [-0.2, -0.15) is 0 Å². The van der Waals surface area contributed by atoms with Crippen molar-refractivity contribution in [1.29, 1.82) is 0 Å². The molecule has 0 bridgehead atoms. The van der Waals surface area contributed by atoms with Gasteiger partial charge in [0.05, 0.1) is 6.54 Å². The summed E-state index contributed by atoms with van der Waals surface area (Å²) >= 11 is 0. The lowest BCUT2D eigenvalue weighted by Gasteiger charge is -2.52. The van der Waals surface area contributed by atoms with E-state index in [1.165, 1.54) is 13.3 Å². The zero-order valence-corrected chi connectivity index (χ0v) is 22.7. The lowest BCUT2D eigenvalue weighted by atomic mass is 9.83. The quantitative estimate of drug-likeness (QED) is 0.525. The van der Waals surface area contributed by atoms with E-state index in [-0.39, 0.29) is 30.0 Å². The molecule has 1 saturated carbocycles. The van der Waals surface area contributed by atoms with E-state index in [1.807, 2.05) is 23.1 Å². The van der Waals surface area contributed by atoms with Gasteiger partial charge in [0.2, 0.25) is 11.8 Å². The van der Waals surface area contributed by atoms with Crippen LogP contribution in [-0.2, 0) is 16.0 Å². The summed E-state index contributed by atoms with van der Waals surface area (Å²) in [6.07, 6.45) is 6.79. The number of nitrogens with zero attached hydrogens (tertiary/aromatic N) is 3. The number of urea groups is 1. The molecule has 8 nitrogen and oxygen atoms in total. The molecule has 1 N–H and O–H groups in total. The first-order valence-electron chi connectivity index (χ1n) is 14.2. The molecule has 0 aromatic heterocycles. The summed E-state index contributed by atoms with van der Waals surface area (Å²) in [5, 5.41) is 2.94. The van der Waals surface area contributed by atoms with Crippen LogP contribution in [0.15, 0.2) is 54.6 Å². The Morgan fingerprint density at radius 3 is 2.36 bits per heavy atom. The third-order valence-corrected chi connectivity index (χ3v) is 8.45. The van der Waals surface area contributed by atoms with Gasteiger partial charge >= 0.3 is 6.03 Å². The van der Waals surface area contributed by atoms with Crippen LogP contribution >= 0.6 is 0 Å². The number of hydrogen-bond acceptors (Lipinski definition) is 4. The highest BCUT2D eigenvalue weighted by Crippen LogP contribution is 2.34. The molecule has 2 aromatic carbocycles. The molecule has 2 atom stereocenters. The summed E-state index contributed by atoms with van der Waals surface area (Å²) in [6, 6.07) is 16.0. The van der Waals surface area contributed by atoms with Gasteiger partial charge in [0.1, 0.15) is 12.2 Å². The molecule has 3 aliphatic rings. The fourth-order valence-corrected chi connectivity index (χ4v) is 6.28. The van der Waals surface area contributed by atoms with Crippen LogP contribution in [0.3, 0.4) is 0 Å². The molecule has 2 heterocycles. The molecular weight excluding hydrogens is 492 g/mol. The Morgan fingerprint density at radius 2 is 1.67 bits per heavy atom. The van der Waals surface area contributed by atoms with Gasteiger partial charge in [-0.1, -0.05) is 62.4 Å². The topological polar surface area (TPSA) is 90.0 Å². The largest absolute Gasteiger partial charge is 0.337 e. The molecule has 2 aromatic rings. The molecule has 39 heavy (non-hydrogen) atoms. The van der Waals surface area contributed by atoms with Gasteiger partial charge in [0, 0.05) is 30.8 Å². The Hall–Kier alpha value is -3.68. The smallest absolute Gasteiger partial charge is 0.323 e. The number of rotatable bonds is 7. The Labute approximate surface area is 230 Å². The van der Waals surface area contributed by atoms with Gasteiger partial charge in [0.25, 0.3) is 0 Å². The summed E-state index contributed by atoms with van der Waals surface area (Å²) in [5.74, 6) is 0.332. The van der Waals surface area contributed by atoms with E-state index in [9.17, 15) is 19.2 Å². The zero-order valence-electron chi connectivity index (χ0n) is 22.7. The summed E-state index contributed by atoms with van der Waals surface area (Å²) < 4.78 is 0. The molecule has 3 fully saturated rings. The molecule has 1 aliphatic carbocycles. The van der Waals surface area contributed by atoms with E-state index in [0.29, 0.717) is 43.2 Å². The zero-order chi connectivity index (χ0) is 27.4. The number of benzene rings is 2. The minimum absolute atomic E-state index is 0.00295. The van der Waals surface area contributed by atoms with Gasteiger partial charge in [-0.15, -0.1) is 0 Å². The van der Waals surface area contributed by atoms with E-state index in [4.69, 9.17) is 0 Å². The summed E-state index contributed by atoms with van der Waals surface area (Å²) in [5.41, 5.74) is 2.31. The monoisotopic (exact) mass is 530 g/mol. The molecule has 2 aliphatic heterocycles. The average Bonchev–Trinajstić information content (AvgIpc) is 2.95. The van der Waals surface area contributed by atoms with Gasteiger partial charge in [-0.05, 0) is 55.5 Å². The van der Waals surface area contributed by atoms with Crippen LogP contribution in [0.4, 0.5) is 10.5 Å². The SMILES string of the molecule is CC(=O)c1ccc(NC(=O)N2CCC(=O)N3[C@@H]2CN(CCc2ccccc2)C(=O)[C@@H]3CC2CCCCC2)cc1. The summed E-state index contributed by atoms with van der Waals surface area (Å²) in [6.45, 7) is 2.65. The van der Waals surface area contributed by atoms with Gasteiger partial charge in [-0.3, -0.25) is 14.4 Å². The predicted molar refractivity (Wildman–Crippen MR) is 149 cm³/mol. The number of nitrogens with one attached hydrogen (secondary N) is 1. The van der Waals surface area contributed by atoms with E-state index < -0.39 is 12.2 Å². The van der Waals surface area contributed by atoms with Crippen molar-refractivity contribution in [1.82, 2.24) is 14.7 Å². The van der Waals surface area contributed by atoms with Gasteiger partial charge in [0.15, 0.2) is 5.78 Å². The highest BCUT2D eigenvalue weighted by Gasteiger charge is 2.49. The first-order chi connectivity index (χ1) is 18.9. The second kappa shape index (κ2) is 12.0. The number of anilines is 1. The normalized spacial score (nSPS) is 22.0. The van der Waals surface area contributed by atoms with E-state index in [1.54, 1.807) is 34.1 Å². The lowest BCUT2D eigenvalue weighted by molar-refractivity contribution is -0.167. The van der Waals surface area contributed by atoms with Crippen LogP contribution in [-0.4, -0.2) is 70.2 Å². The van der Waals surface area contributed by atoms with Gasteiger partial charge < -0.3 is 20.0 Å². The minimum atomic E-state index is -0.541. The number of hydrogen-bond donors (Lipinski definition) is 1. The van der Waals surface area contributed by atoms with Gasteiger partial charge in [-0.25, -0.2) is 4.79 Å². The highest BCUT2D eigenvalue weighted by atomic mass is 16.2. The number of amides is 4. The number of carbonyl (C=O) groups excluding carboxylic acids is 4. The van der Waals surface area contributed by atoms with E-state index in [0.717, 1.165) is 37.7 Å². The van der Waals surface area contributed by atoms with E-state index >= 15 is 0 Å². The number of piperazine rings is 1. The Bertz CT molecular complexity index is 1190. The molecular formula is C31H38N4O4. The lowest BCUT2D eigenvalue weighted by Crippen LogP contribution is -2.71. The fraction of sp³-hybridized carbons (Fsp3) is 0.484. The van der Waals surface area contributed by atoms with Crippen molar-refractivity contribution in [2.75, 3.05) is 25.0 Å². The molecule has 206 valence electrons. The van der Waals surface area contributed by atoms with Crippen molar-refractivity contribution in [2.24, 2.45) is 5.92 Å². The Balaban J connectivity index is 1.37. The fourth-order valence-electron chi connectivity index (χ4n) is 6.28. The molecule has 8 heteroatoms. The summed E-state index contributed by atoms with van der Waals surface area (Å²) in [7, 11) is 0. The van der Waals surface area contributed by atoms with Crippen LogP contribution in [0, 0.1) is 5.92 Å². The standard InChI is InChI=1S/C31H38N4O4/c1-22(36)25-12-14-26(15-13-25)32-31(39)34-19-17-29(37)35-27(20-24-10-6-3-7-11-24)30(38)33(21-28(34)35)18-16-23-8-4-2-5-9-23/h2,4-5,8-9,12-15,24,27-28H,3,6-7,10-11,16-21H2,1H3,(H,32,39)/t27-,28+/m0/s1. The van der Waals surface area contributed by atoms with Crippen molar-refractivity contribution < 1.29 is 19.2 Å². The van der Waals surface area contributed by atoms with Crippen LogP contribution in [0.25, 0.3) is 0 Å². The van der Waals surface area contributed by atoms with Crippen LogP contribution in [0.2, 0.25) is 0 Å². The maximum Gasteiger partial charge on any atom is 0.323 e. The van der Waals surface area contributed by atoms with Crippen molar-refractivity contribution in [3.8, 4) is 0 Å². The van der Waals surface area contributed by atoms with Crippen molar-refractivity contribution in [2.45, 2.75) is 70.5 Å². The minimum Gasteiger partial charge on any atom is -0.337 e. The number of carbonyl (C=O) groups is 4. The molecule has 0 unspecified atom stereocenters. The number of fused-ring (bicyclic) bond motifs is 1. The molecule has 0 spiro atoms. The van der Waals surface area contributed by atoms with Crippen molar-refractivity contribution >= 4 is 29.3 Å².